The third-order valence-electron chi connectivity index (χ3n) is 4.61. The molecule has 11 heteroatoms. The van der Waals surface area contributed by atoms with E-state index in [9.17, 15) is 22.0 Å². The second-order valence-corrected chi connectivity index (χ2v) is 9.89. The highest BCUT2D eigenvalue weighted by Gasteiger charge is 2.57. The highest BCUT2D eigenvalue weighted by atomic mass is 32.2. The number of nitrogens with one attached hydrogen (secondary N) is 2. The minimum absolute atomic E-state index is 0.00673. The molecule has 0 saturated carbocycles. The molecule has 2 atom stereocenters. The number of benzene rings is 1. The number of nitrogens with zero attached hydrogens (tertiary/aromatic N) is 2. The second kappa shape index (κ2) is 6.66. The molecule has 0 aliphatic carbocycles. The van der Waals surface area contributed by atoms with Gasteiger partial charge in [-0.05, 0) is 26.8 Å². The van der Waals surface area contributed by atoms with Crippen LogP contribution in [-0.2, 0) is 20.3 Å². The number of amides is 1. The quantitative estimate of drug-likeness (QED) is 0.719. The van der Waals surface area contributed by atoms with Gasteiger partial charge in [0.05, 0.1) is 0 Å². The molecule has 1 amide bonds. The van der Waals surface area contributed by atoms with Gasteiger partial charge in [0.25, 0.3) is 0 Å². The molecule has 3 rings (SSSR count). The molecule has 1 aromatic rings. The maximum atomic E-state index is 14.6. The van der Waals surface area contributed by atoms with E-state index < -0.39 is 44.1 Å². The van der Waals surface area contributed by atoms with Crippen LogP contribution in [0, 0.1) is 11.6 Å². The summed E-state index contributed by atoms with van der Waals surface area (Å²) in [5.41, 5.74) is -2.42. The Morgan fingerprint density at radius 2 is 2.07 bits per heavy atom. The van der Waals surface area contributed by atoms with Crippen LogP contribution in [0.4, 0.5) is 13.6 Å². The van der Waals surface area contributed by atoms with Crippen LogP contribution in [0.15, 0.2) is 23.2 Å². The first-order chi connectivity index (χ1) is 12.9. The Kier molecular flexibility index (Phi) is 4.87. The first kappa shape index (κ1) is 20.5. The molecule has 0 radical (unpaired) electrons. The third kappa shape index (κ3) is 3.44. The third-order valence-corrected chi connectivity index (χ3v) is 6.82. The Labute approximate surface area is 162 Å². The van der Waals surface area contributed by atoms with E-state index in [1.165, 1.54) is 13.1 Å². The van der Waals surface area contributed by atoms with Crippen LogP contribution in [-0.4, -0.2) is 55.8 Å². The molecule has 0 unspecified atom stereocenters. The summed E-state index contributed by atoms with van der Waals surface area (Å²) >= 11 is 0. The summed E-state index contributed by atoms with van der Waals surface area (Å²) in [6, 6.07) is 2.91. The fraction of sp³-hybridized carbons (Fsp3) is 0.529. The van der Waals surface area contributed by atoms with Crippen molar-refractivity contribution in [3.8, 4) is 0 Å². The largest absolute Gasteiger partial charge is 0.444 e. The van der Waals surface area contributed by atoms with Crippen LogP contribution in [0.2, 0.25) is 0 Å². The summed E-state index contributed by atoms with van der Waals surface area (Å²) < 4.78 is 60.0. The number of sulfonamides is 1. The number of fused-ring (bicyclic) bond motifs is 1. The summed E-state index contributed by atoms with van der Waals surface area (Å²) in [6.45, 7) is 5.01. The predicted molar refractivity (Wildman–Crippen MR) is 98.2 cm³/mol. The molecule has 0 aromatic heterocycles. The molecular weight excluding hydrogens is 394 g/mol. The highest BCUT2D eigenvalue weighted by molar-refractivity contribution is 7.90. The van der Waals surface area contributed by atoms with Gasteiger partial charge in [0, 0.05) is 31.8 Å². The van der Waals surface area contributed by atoms with Crippen molar-refractivity contribution in [3.05, 3.63) is 35.4 Å². The number of carbonyl (C=O) groups excluding carboxylic acids is 1. The second-order valence-electron chi connectivity index (χ2n) is 7.74. The van der Waals surface area contributed by atoms with Gasteiger partial charge in [-0.1, -0.05) is 6.07 Å². The maximum Gasteiger partial charge on any atom is 0.414 e. The van der Waals surface area contributed by atoms with Gasteiger partial charge in [0.2, 0.25) is 16.0 Å². The lowest BCUT2D eigenvalue weighted by Crippen LogP contribution is -2.59. The molecular formula is C17H22F2N4O4S. The van der Waals surface area contributed by atoms with Gasteiger partial charge in [-0.3, -0.25) is 5.32 Å². The van der Waals surface area contributed by atoms with E-state index in [1.54, 1.807) is 20.8 Å². The fourth-order valence-electron chi connectivity index (χ4n) is 3.38. The van der Waals surface area contributed by atoms with Crippen LogP contribution in [0.5, 0.6) is 0 Å². The van der Waals surface area contributed by atoms with Gasteiger partial charge in [0.1, 0.15) is 28.0 Å². The Balaban J connectivity index is 2.11. The standard InChI is InChI=1S/C17H22F2N4O4S/c1-16(2,3)27-15(24)21-14-22-17(11-6-5-10(18)7-12(11)19)9-20-8-13(17)28(25,26)23(14)4/h5-7,13,20H,8-9H2,1-4H3,(H,21,22,24)/t13-,17+/m1/s1. The lowest BCUT2D eigenvalue weighted by Gasteiger charge is -2.39. The number of rotatable bonds is 1. The average Bonchev–Trinajstić information content (AvgIpc) is 2.96. The lowest BCUT2D eigenvalue weighted by molar-refractivity contribution is 0.0559. The summed E-state index contributed by atoms with van der Waals surface area (Å²) in [5, 5.41) is 4.13. The Morgan fingerprint density at radius 1 is 1.39 bits per heavy atom. The molecule has 1 fully saturated rings. The van der Waals surface area contributed by atoms with Crippen LogP contribution in [0.25, 0.3) is 0 Å². The van der Waals surface area contributed by atoms with E-state index in [0.717, 1.165) is 10.4 Å². The summed E-state index contributed by atoms with van der Waals surface area (Å²) in [4.78, 5) is 16.6. The average molecular weight is 416 g/mol. The van der Waals surface area contributed by atoms with E-state index in [1.807, 2.05) is 0 Å². The Hall–Kier alpha value is -2.27. The van der Waals surface area contributed by atoms with Crippen LogP contribution in [0.3, 0.4) is 0 Å². The Bertz CT molecular complexity index is 945. The van der Waals surface area contributed by atoms with Crippen molar-refractivity contribution in [2.24, 2.45) is 4.99 Å². The van der Waals surface area contributed by atoms with Gasteiger partial charge in [0.15, 0.2) is 0 Å². The summed E-state index contributed by atoms with van der Waals surface area (Å²) in [7, 11) is -2.76. The molecule has 0 spiro atoms. The van der Waals surface area contributed by atoms with Crippen molar-refractivity contribution in [2.75, 3.05) is 20.1 Å². The molecule has 2 heterocycles. The lowest BCUT2D eigenvalue weighted by atomic mass is 9.88. The minimum atomic E-state index is -4.00. The molecule has 1 aromatic carbocycles. The van der Waals surface area contributed by atoms with Crippen LogP contribution >= 0.6 is 0 Å². The predicted octanol–water partition coefficient (Wildman–Crippen LogP) is 1.29. The van der Waals surface area contributed by atoms with Gasteiger partial charge < -0.3 is 10.1 Å². The van der Waals surface area contributed by atoms with Gasteiger partial charge in [-0.2, -0.15) is 0 Å². The van der Waals surface area contributed by atoms with Crippen molar-refractivity contribution in [2.45, 2.75) is 37.2 Å². The fourth-order valence-corrected chi connectivity index (χ4v) is 5.17. The number of halogens is 2. The van der Waals surface area contributed by atoms with Crippen molar-refractivity contribution in [1.29, 1.82) is 0 Å². The van der Waals surface area contributed by atoms with Crippen molar-refractivity contribution >= 4 is 22.1 Å². The van der Waals surface area contributed by atoms with E-state index in [2.05, 4.69) is 15.6 Å². The Morgan fingerprint density at radius 3 is 2.68 bits per heavy atom. The molecule has 154 valence electrons. The normalized spacial score (nSPS) is 26.4. The molecule has 28 heavy (non-hydrogen) atoms. The van der Waals surface area contributed by atoms with Crippen molar-refractivity contribution in [3.63, 3.8) is 0 Å². The van der Waals surface area contributed by atoms with E-state index in [4.69, 9.17) is 4.74 Å². The van der Waals surface area contributed by atoms with Crippen LogP contribution in [0.1, 0.15) is 26.3 Å². The highest BCUT2D eigenvalue weighted by Crippen LogP contribution is 2.41. The molecule has 2 aliphatic heterocycles. The van der Waals surface area contributed by atoms with E-state index in [0.29, 0.717) is 6.07 Å². The number of ether oxygens (including phenoxy) is 1. The number of carbonyl (C=O) groups is 1. The first-order valence-electron chi connectivity index (χ1n) is 8.61. The summed E-state index contributed by atoms with van der Waals surface area (Å²) in [5.74, 6) is -1.99. The zero-order valence-corrected chi connectivity index (χ0v) is 16.7. The number of hydrogen-bond acceptors (Lipinski definition) is 6. The number of alkyl carbamates (subject to hydrolysis) is 1. The van der Waals surface area contributed by atoms with Gasteiger partial charge in [-0.15, -0.1) is 0 Å². The first-order valence-corrected chi connectivity index (χ1v) is 10.1. The minimum Gasteiger partial charge on any atom is -0.444 e. The number of hydrogen-bond donors (Lipinski definition) is 2. The molecule has 8 nitrogen and oxygen atoms in total. The maximum absolute atomic E-state index is 14.6. The van der Waals surface area contributed by atoms with E-state index in [-0.39, 0.29) is 24.6 Å². The SMILES string of the molecule is CN1C(NC(=O)OC(C)(C)C)=N[C@]2(c3ccc(F)cc3F)CNC[C@H]2S1(=O)=O. The zero-order valence-electron chi connectivity index (χ0n) is 15.9. The van der Waals surface area contributed by atoms with Crippen LogP contribution < -0.4 is 10.6 Å². The summed E-state index contributed by atoms with van der Waals surface area (Å²) in [6.07, 6.45) is -0.896. The monoisotopic (exact) mass is 416 g/mol. The van der Waals surface area contributed by atoms with Crippen molar-refractivity contribution < 1.29 is 26.7 Å². The smallest absolute Gasteiger partial charge is 0.414 e. The molecule has 1 saturated heterocycles. The number of guanidine groups is 1. The number of aliphatic imine (C=N–C) groups is 1. The van der Waals surface area contributed by atoms with Gasteiger partial charge >= 0.3 is 6.09 Å². The zero-order chi connectivity index (χ0) is 20.9. The topological polar surface area (TPSA) is 100 Å². The van der Waals surface area contributed by atoms with Gasteiger partial charge in [-0.25, -0.2) is 31.3 Å². The molecule has 2 N–H and O–H groups in total. The molecule has 0 bridgehead atoms. The van der Waals surface area contributed by atoms with E-state index >= 15 is 0 Å². The molecule has 2 aliphatic rings. The van der Waals surface area contributed by atoms with Crippen molar-refractivity contribution in [1.82, 2.24) is 14.9 Å².